The number of para-hydroxylation sites is 2. The van der Waals surface area contributed by atoms with Crippen molar-refractivity contribution >= 4 is 11.7 Å². The van der Waals surface area contributed by atoms with Crippen LogP contribution >= 0.6 is 0 Å². The average molecular weight is 357 g/mol. The van der Waals surface area contributed by atoms with Gasteiger partial charge in [0.05, 0.1) is 18.8 Å². The minimum absolute atomic E-state index is 0.330. The first-order chi connectivity index (χ1) is 12.7. The number of rotatable bonds is 8. The Bertz CT molecular complexity index is 731. The van der Waals surface area contributed by atoms with Gasteiger partial charge in [0.1, 0.15) is 24.7 Å². The Labute approximate surface area is 152 Å². The van der Waals surface area contributed by atoms with Crippen LogP contribution < -0.4 is 14.4 Å². The van der Waals surface area contributed by atoms with E-state index in [1.807, 2.05) is 42.5 Å². The van der Waals surface area contributed by atoms with E-state index < -0.39 is 12.1 Å². The Morgan fingerprint density at radius 3 is 2.73 bits per heavy atom. The molecular formula is C20H23NO5. The molecule has 1 aliphatic rings. The number of carbonyl (C=O) groups is 1. The molecule has 0 aliphatic carbocycles. The highest BCUT2D eigenvalue weighted by molar-refractivity contribution is 5.72. The minimum atomic E-state index is -0.960. The zero-order valence-corrected chi connectivity index (χ0v) is 14.8. The first-order valence-electron chi connectivity index (χ1n) is 8.61. The van der Waals surface area contributed by atoms with E-state index in [4.69, 9.17) is 19.3 Å². The average Bonchev–Trinajstić information content (AvgIpc) is 2.67. The number of methoxy groups -OCH3 is 1. The molecule has 6 heteroatoms. The number of hydrogen-bond donors (Lipinski definition) is 1. The van der Waals surface area contributed by atoms with Crippen molar-refractivity contribution in [3.63, 3.8) is 0 Å². The molecule has 6 nitrogen and oxygen atoms in total. The van der Waals surface area contributed by atoms with E-state index >= 15 is 0 Å². The minimum Gasteiger partial charge on any atom is -0.492 e. The van der Waals surface area contributed by atoms with Crippen LogP contribution in [-0.2, 0) is 16.0 Å². The number of nitrogens with zero attached hydrogens (tertiary/aromatic N) is 1. The van der Waals surface area contributed by atoms with Gasteiger partial charge < -0.3 is 24.2 Å². The van der Waals surface area contributed by atoms with Crippen molar-refractivity contribution in [1.82, 2.24) is 0 Å². The zero-order chi connectivity index (χ0) is 18.4. The molecule has 2 aromatic rings. The van der Waals surface area contributed by atoms with Gasteiger partial charge in [-0.3, -0.25) is 0 Å². The molecule has 1 N–H and O–H groups in total. The van der Waals surface area contributed by atoms with Gasteiger partial charge in [0.2, 0.25) is 0 Å². The Morgan fingerprint density at radius 1 is 1.23 bits per heavy atom. The number of aliphatic carboxylic acids is 1. The van der Waals surface area contributed by atoms with Gasteiger partial charge in [-0.2, -0.15) is 0 Å². The maximum atomic E-state index is 11.0. The molecule has 0 bridgehead atoms. The monoisotopic (exact) mass is 357 g/mol. The van der Waals surface area contributed by atoms with Crippen LogP contribution in [0.3, 0.4) is 0 Å². The van der Waals surface area contributed by atoms with E-state index in [9.17, 15) is 4.79 Å². The highest BCUT2D eigenvalue weighted by atomic mass is 16.5. The number of fused-ring (bicyclic) bond motifs is 1. The summed E-state index contributed by atoms with van der Waals surface area (Å²) in [5, 5.41) is 9.04. The Balaban J connectivity index is 1.51. The van der Waals surface area contributed by atoms with Gasteiger partial charge in [-0.15, -0.1) is 0 Å². The van der Waals surface area contributed by atoms with Crippen molar-refractivity contribution in [3.05, 3.63) is 54.1 Å². The first-order valence-corrected chi connectivity index (χ1v) is 8.61. The summed E-state index contributed by atoms with van der Waals surface area (Å²) in [7, 11) is 1.40. The molecule has 0 aromatic heterocycles. The summed E-state index contributed by atoms with van der Waals surface area (Å²) >= 11 is 0. The molecule has 0 saturated carbocycles. The molecule has 0 radical (unpaired) electrons. The fraction of sp³-hybridized carbons (Fsp3) is 0.350. The standard InChI is InChI=1S/C20H23NO5/c1-24-19(20(22)23)14-15-6-8-16(9-7-15)25-12-10-21-11-13-26-18-5-3-2-4-17(18)21/h2-9,19H,10-14H2,1H3,(H,22,23)/t19-/m0/s1. The maximum Gasteiger partial charge on any atom is 0.333 e. The molecule has 0 saturated heterocycles. The summed E-state index contributed by atoms with van der Waals surface area (Å²) in [6, 6.07) is 15.5. The third kappa shape index (κ3) is 4.46. The van der Waals surface area contributed by atoms with E-state index in [0.29, 0.717) is 19.6 Å². The lowest BCUT2D eigenvalue weighted by Gasteiger charge is -2.31. The number of anilines is 1. The Hall–Kier alpha value is -2.73. The van der Waals surface area contributed by atoms with Gasteiger partial charge in [0.15, 0.2) is 6.10 Å². The summed E-state index contributed by atoms with van der Waals surface area (Å²) in [4.78, 5) is 13.3. The normalized spacial score (nSPS) is 14.3. The molecule has 1 heterocycles. The summed E-state index contributed by atoms with van der Waals surface area (Å²) in [5.74, 6) is 0.715. The van der Waals surface area contributed by atoms with Crippen molar-refractivity contribution in [2.75, 3.05) is 38.3 Å². The lowest BCUT2D eigenvalue weighted by Crippen LogP contribution is -2.35. The smallest absolute Gasteiger partial charge is 0.333 e. The van der Waals surface area contributed by atoms with E-state index in [-0.39, 0.29) is 0 Å². The van der Waals surface area contributed by atoms with E-state index in [1.165, 1.54) is 7.11 Å². The second kappa shape index (κ2) is 8.58. The van der Waals surface area contributed by atoms with E-state index in [2.05, 4.69) is 11.0 Å². The largest absolute Gasteiger partial charge is 0.492 e. The number of hydrogen-bond acceptors (Lipinski definition) is 5. The van der Waals surface area contributed by atoms with Crippen LogP contribution in [0.5, 0.6) is 11.5 Å². The number of ether oxygens (including phenoxy) is 3. The highest BCUT2D eigenvalue weighted by Gasteiger charge is 2.18. The Kier molecular flexibility index (Phi) is 5.96. The third-order valence-corrected chi connectivity index (χ3v) is 4.36. The fourth-order valence-electron chi connectivity index (χ4n) is 2.94. The molecule has 1 atom stereocenters. The van der Waals surface area contributed by atoms with Gasteiger partial charge in [-0.1, -0.05) is 24.3 Å². The lowest BCUT2D eigenvalue weighted by atomic mass is 10.1. The van der Waals surface area contributed by atoms with Crippen LogP contribution in [0.4, 0.5) is 5.69 Å². The van der Waals surface area contributed by atoms with Gasteiger partial charge >= 0.3 is 5.97 Å². The Morgan fingerprint density at radius 2 is 2.00 bits per heavy atom. The molecule has 1 aliphatic heterocycles. The van der Waals surface area contributed by atoms with Gasteiger partial charge in [-0.05, 0) is 29.8 Å². The van der Waals surface area contributed by atoms with Crippen molar-refractivity contribution in [3.8, 4) is 11.5 Å². The molecule has 0 amide bonds. The predicted molar refractivity (Wildman–Crippen MR) is 98.2 cm³/mol. The molecule has 138 valence electrons. The third-order valence-electron chi connectivity index (χ3n) is 4.36. The quantitative estimate of drug-likeness (QED) is 0.783. The molecule has 0 unspecified atom stereocenters. The van der Waals surface area contributed by atoms with Crippen LogP contribution in [0, 0.1) is 0 Å². The van der Waals surface area contributed by atoms with Gasteiger partial charge in [0, 0.05) is 13.5 Å². The van der Waals surface area contributed by atoms with Gasteiger partial charge in [0.25, 0.3) is 0 Å². The van der Waals surface area contributed by atoms with Crippen molar-refractivity contribution < 1.29 is 24.1 Å². The van der Waals surface area contributed by atoms with Crippen LogP contribution in [-0.4, -0.2) is 50.6 Å². The van der Waals surface area contributed by atoms with Crippen molar-refractivity contribution in [2.45, 2.75) is 12.5 Å². The highest BCUT2D eigenvalue weighted by Crippen LogP contribution is 2.30. The molecule has 0 spiro atoms. The van der Waals surface area contributed by atoms with E-state index in [1.54, 1.807) is 0 Å². The molecular weight excluding hydrogens is 334 g/mol. The van der Waals surface area contributed by atoms with E-state index in [0.717, 1.165) is 35.8 Å². The number of benzene rings is 2. The summed E-state index contributed by atoms with van der Waals surface area (Å²) in [6.45, 7) is 2.85. The van der Waals surface area contributed by atoms with Gasteiger partial charge in [-0.25, -0.2) is 4.79 Å². The predicted octanol–water partition coefficient (Wildman–Crippen LogP) is 2.61. The topological polar surface area (TPSA) is 68.2 Å². The number of carboxylic acid groups (broad SMARTS) is 1. The lowest BCUT2D eigenvalue weighted by molar-refractivity contribution is -0.148. The van der Waals surface area contributed by atoms with Crippen LogP contribution in [0.2, 0.25) is 0 Å². The molecule has 2 aromatic carbocycles. The van der Waals surface area contributed by atoms with Crippen molar-refractivity contribution in [1.29, 1.82) is 0 Å². The summed E-state index contributed by atoms with van der Waals surface area (Å²) in [6.07, 6.45) is -0.500. The second-order valence-electron chi connectivity index (χ2n) is 6.06. The van der Waals surface area contributed by atoms with Crippen LogP contribution in [0.1, 0.15) is 5.56 Å². The number of carboxylic acids is 1. The van der Waals surface area contributed by atoms with Crippen LogP contribution in [0.15, 0.2) is 48.5 Å². The van der Waals surface area contributed by atoms with Crippen molar-refractivity contribution in [2.24, 2.45) is 0 Å². The zero-order valence-electron chi connectivity index (χ0n) is 14.8. The first kappa shape index (κ1) is 18.1. The van der Waals surface area contributed by atoms with Crippen LogP contribution in [0.25, 0.3) is 0 Å². The summed E-state index contributed by atoms with van der Waals surface area (Å²) < 4.78 is 16.4. The maximum absolute atomic E-state index is 11.0. The molecule has 26 heavy (non-hydrogen) atoms. The summed E-state index contributed by atoms with van der Waals surface area (Å²) in [5.41, 5.74) is 1.99. The fourth-order valence-corrected chi connectivity index (χ4v) is 2.94. The molecule has 0 fully saturated rings. The second-order valence-corrected chi connectivity index (χ2v) is 6.06. The molecule has 3 rings (SSSR count). The SMILES string of the molecule is CO[C@@H](Cc1ccc(OCCN2CCOc3ccccc32)cc1)C(=O)O.